The van der Waals surface area contributed by atoms with E-state index in [9.17, 15) is 8.42 Å². The lowest BCUT2D eigenvalue weighted by Gasteiger charge is -2.20. The molecule has 0 unspecified atom stereocenters. The third-order valence-electron chi connectivity index (χ3n) is 4.33. The quantitative estimate of drug-likeness (QED) is 0.863. The number of benzene rings is 1. The van der Waals surface area contributed by atoms with Crippen molar-refractivity contribution in [3.05, 3.63) is 30.5 Å². The smallest absolute Gasteiger partial charge is 0.245 e. The summed E-state index contributed by atoms with van der Waals surface area (Å²) in [5, 5.41) is 0.799. The van der Waals surface area contributed by atoms with Gasteiger partial charge in [-0.25, -0.2) is 8.42 Å². The Morgan fingerprint density at radius 2 is 1.95 bits per heavy atom. The van der Waals surface area contributed by atoms with Crippen LogP contribution in [-0.2, 0) is 17.1 Å². The minimum Gasteiger partial charge on any atom is -0.349 e. The number of nitrogens with zero attached hydrogens (tertiary/aromatic N) is 3. The highest BCUT2D eigenvalue weighted by Crippen LogP contribution is 2.29. The molecule has 114 valence electrons. The molecule has 5 nitrogen and oxygen atoms in total. The number of sulfonamides is 1. The molecule has 1 aliphatic heterocycles. The molecule has 0 N–H and O–H groups in total. The number of fused-ring (bicyclic) bond motifs is 1. The van der Waals surface area contributed by atoms with Crippen molar-refractivity contribution >= 4 is 20.9 Å². The molecule has 21 heavy (non-hydrogen) atoms. The van der Waals surface area contributed by atoms with Gasteiger partial charge in [0.2, 0.25) is 10.0 Å². The number of aromatic nitrogens is 1. The number of hydrogen-bond donors (Lipinski definition) is 0. The van der Waals surface area contributed by atoms with Gasteiger partial charge in [0.15, 0.2) is 0 Å². The summed E-state index contributed by atoms with van der Waals surface area (Å²) in [7, 11) is 2.46. The Labute approximate surface area is 125 Å². The summed E-state index contributed by atoms with van der Waals surface area (Å²) in [6, 6.07) is 7.93. The van der Waals surface area contributed by atoms with E-state index in [-0.39, 0.29) is 0 Å². The fourth-order valence-corrected chi connectivity index (χ4v) is 4.73. The monoisotopic (exact) mass is 307 g/mol. The first-order valence-corrected chi connectivity index (χ1v) is 8.56. The number of rotatable bonds is 3. The zero-order valence-electron chi connectivity index (χ0n) is 12.7. The van der Waals surface area contributed by atoms with Crippen LogP contribution >= 0.6 is 0 Å². The normalized spacial score (nSPS) is 20.7. The molecule has 0 bridgehead atoms. The Bertz CT molecular complexity index is 764. The van der Waals surface area contributed by atoms with Crippen molar-refractivity contribution in [2.75, 3.05) is 27.2 Å². The summed E-state index contributed by atoms with van der Waals surface area (Å²) in [5.74, 6) is 0. The highest BCUT2D eigenvalue weighted by atomic mass is 32.2. The molecule has 1 aromatic heterocycles. The zero-order chi connectivity index (χ0) is 15.2. The Hall–Kier alpha value is -1.37. The lowest BCUT2D eigenvalue weighted by molar-refractivity contribution is 0.302. The molecule has 0 amide bonds. The van der Waals surface area contributed by atoms with Gasteiger partial charge in [0.05, 0.1) is 0 Å². The Balaban J connectivity index is 2.02. The average molecular weight is 307 g/mol. The first-order chi connectivity index (χ1) is 9.91. The van der Waals surface area contributed by atoms with Crippen LogP contribution in [0.1, 0.15) is 6.42 Å². The Morgan fingerprint density at radius 1 is 1.24 bits per heavy atom. The van der Waals surface area contributed by atoms with Crippen LogP contribution in [0.5, 0.6) is 0 Å². The molecule has 1 fully saturated rings. The van der Waals surface area contributed by atoms with Crippen molar-refractivity contribution in [2.45, 2.75) is 17.4 Å². The Kier molecular flexibility index (Phi) is 3.55. The van der Waals surface area contributed by atoms with Crippen molar-refractivity contribution in [1.29, 1.82) is 0 Å². The van der Waals surface area contributed by atoms with Crippen LogP contribution < -0.4 is 0 Å². The third-order valence-corrected chi connectivity index (χ3v) is 6.23. The molecule has 2 heterocycles. The highest BCUT2D eigenvalue weighted by molar-refractivity contribution is 7.89. The topological polar surface area (TPSA) is 45.6 Å². The summed E-state index contributed by atoms with van der Waals surface area (Å²) >= 11 is 0. The molecule has 0 radical (unpaired) electrons. The molecular weight excluding hydrogens is 286 g/mol. The Morgan fingerprint density at radius 3 is 2.62 bits per heavy atom. The molecule has 1 atom stereocenters. The van der Waals surface area contributed by atoms with Gasteiger partial charge in [0.25, 0.3) is 0 Å². The van der Waals surface area contributed by atoms with Gasteiger partial charge in [-0.05, 0) is 26.6 Å². The van der Waals surface area contributed by atoms with E-state index in [4.69, 9.17) is 0 Å². The van der Waals surface area contributed by atoms with E-state index in [1.807, 2.05) is 50.0 Å². The van der Waals surface area contributed by atoms with Crippen molar-refractivity contribution in [1.82, 2.24) is 13.8 Å². The van der Waals surface area contributed by atoms with Crippen molar-refractivity contribution < 1.29 is 8.42 Å². The third kappa shape index (κ3) is 2.37. The highest BCUT2D eigenvalue weighted by Gasteiger charge is 2.34. The van der Waals surface area contributed by atoms with Gasteiger partial charge in [-0.3, -0.25) is 0 Å². The van der Waals surface area contributed by atoms with Gasteiger partial charge in [-0.1, -0.05) is 18.2 Å². The maximum absolute atomic E-state index is 12.9. The lowest BCUT2D eigenvalue weighted by Crippen LogP contribution is -2.34. The molecule has 1 aromatic carbocycles. The SMILES string of the molecule is CN(C)[C@@H]1CCN(S(=O)(=O)c2cn(C)c3ccccc23)C1. The first kappa shape index (κ1) is 14.6. The van der Waals surface area contributed by atoms with E-state index < -0.39 is 10.0 Å². The molecular formula is C15H21N3O2S. The van der Waals surface area contributed by atoms with Crippen molar-refractivity contribution in [2.24, 2.45) is 7.05 Å². The summed E-state index contributed by atoms with van der Waals surface area (Å²) < 4.78 is 29.3. The standard InChI is InChI=1S/C15H21N3O2S/c1-16(2)12-8-9-18(10-12)21(19,20)15-11-17(3)14-7-5-4-6-13(14)15/h4-7,11-12H,8-10H2,1-3H3/t12-/m1/s1. The molecule has 1 aliphatic rings. The molecule has 3 rings (SSSR count). The number of para-hydroxylation sites is 1. The average Bonchev–Trinajstić information content (AvgIpc) is 3.05. The zero-order valence-corrected chi connectivity index (χ0v) is 13.5. The summed E-state index contributed by atoms with van der Waals surface area (Å²) in [6.45, 7) is 1.16. The maximum Gasteiger partial charge on any atom is 0.245 e. The van der Waals surface area contributed by atoms with Crippen LogP contribution in [0.3, 0.4) is 0 Å². The summed E-state index contributed by atoms with van der Waals surface area (Å²) in [4.78, 5) is 2.51. The van der Waals surface area contributed by atoms with Crippen LogP contribution in [0.2, 0.25) is 0 Å². The van der Waals surface area contributed by atoms with E-state index in [0.29, 0.717) is 24.0 Å². The molecule has 2 aromatic rings. The molecule has 6 heteroatoms. The minimum absolute atomic E-state index is 0.301. The van der Waals surface area contributed by atoms with Crippen LogP contribution in [0, 0.1) is 0 Å². The second kappa shape index (κ2) is 5.12. The van der Waals surface area contributed by atoms with E-state index in [2.05, 4.69) is 4.90 Å². The van der Waals surface area contributed by atoms with E-state index in [1.165, 1.54) is 0 Å². The molecule has 0 saturated carbocycles. The van der Waals surface area contributed by atoms with Gasteiger partial charge >= 0.3 is 0 Å². The fourth-order valence-electron chi connectivity index (χ4n) is 3.00. The van der Waals surface area contributed by atoms with Crippen LogP contribution in [0.15, 0.2) is 35.4 Å². The minimum atomic E-state index is -3.43. The van der Waals surface area contributed by atoms with Gasteiger partial charge in [0, 0.05) is 43.3 Å². The number of likely N-dealkylation sites (N-methyl/N-ethyl adjacent to an activating group) is 1. The summed E-state index contributed by atoms with van der Waals surface area (Å²) in [6.07, 6.45) is 2.61. The van der Waals surface area contributed by atoms with Crippen LogP contribution in [-0.4, -0.2) is 55.4 Å². The summed E-state index contributed by atoms with van der Waals surface area (Å²) in [5.41, 5.74) is 0.944. The molecule has 0 aliphatic carbocycles. The fraction of sp³-hybridized carbons (Fsp3) is 0.467. The molecule has 0 spiro atoms. The van der Waals surface area contributed by atoms with Gasteiger partial charge in [-0.2, -0.15) is 4.31 Å². The van der Waals surface area contributed by atoms with E-state index in [0.717, 1.165) is 17.3 Å². The predicted molar refractivity (Wildman–Crippen MR) is 83.8 cm³/mol. The van der Waals surface area contributed by atoms with E-state index in [1.54, 1.807) is 10.5 Å². The van der Waals surface area contributed by atoms with Gasteiger partial charge in [-0.15, -0.1) is 0 Å². The number of hydrogen-bond acceptors (Lipinski definition) is 3. The van der Waals surface area contributed by atoms with Crippen molar-refractivity contribution in [3.63, 3.8) is 0 Å². The van der Waals surface area contributed by atoms with E-state index >= 15 is 0 Å². The van der Waals surface area contributed by atoms with Crippen LogP contribution in [0.25, 0.3) is 10.9 Å². The van der Waals surface area contributed by atoms with Gasteiger partial charge < -0.3 is 9.47 Å². The lowest BCUT2D eigenvalue weighted by atomic mass is 10.2. The van der Waals surface area contributed by atoms with Crippen LogP contribution in [0.4, 0.5) is 0 Å². The number of aryl methyl sites for hydroxylation is 1. The maximum atomic E-state index is 12.9. The predicted octanol–water partition coefficient (Wildman–Crippen LogP) is 1.50. The second-order valence-electron chi connectivity index (χ2n) is 5.89. The first-order valence-electron chi connectivity index (χ1n) is 7.12. The second-order valence-corrected chi connectivity index (χ2v) is 7.80. The van der Waals surface area contributed by atoms with Crippen molar-refractivity contribution in [3.8, 4) is 0 Å². The van der Waals surface area contributed by atoms with Gasteiger partial charge in [0.1, 0.15) is 4.90 Å². The molecule has 1 saturated heterocycles. The largest absolute Gasteiger partial charge is 0.349 e.